The fraction of sp³-hybridized carbons (Fsp3) is 0.230. The molecule has 19 rings (SSSR count). The Morgan fingerprint density at radius 3 is 0.556 bits per heavy atom. The number of nitrogens with zero attached hydrogens (tertiary/aromatic N) is 2. The zero-order valence-electron chi connectivity index (χ0n) is 76.5. The van der Waals surface area contributed by atoms with Crippen LogP contribution in [-0.4, -0.2) is 9.13 Å². The summed E-state index contributed by atoms with van der Waals surface area (Å²) in [6, 6.07) is 125. The van der Waals surface area contributed by atoms with Gasteiger partial charge in [0.2, 0.25) is 0 Å². The first kappa shape index (κ1) is 82.3. The predicted molar refractivity (Wildman–Crippen MR) is 541 cm³/mol. The first-order valence-corrected chi connectivity index (χ1v) is 45.0. The van der Waals surface area contributed by atoms with E-state index >= 15 is 0 Å². The second kappa shape index (κ2) is 31.3. The summed E-state index contributed by atoms with van der Waals surface area (Å²) in [6.07, 6.45) is 0. The van der Waals surface area contributed by atoms with E-state index < -0.39 is 0 Å². The van der Waals surface area contributed by atoms with Crippen molar-refractivity contribution in [2.75, 3.05) is 0 Å². The molecule has 0 aliphatic carbocycles. The molecule has 0 saturated carbocycles. The molecule has 0 spiro atoms. The maximum atomic E-state index is 2.47. The average Bonchev–Trinajstić information content (AvgIpc) is 1.08. The minimum absolute atomic E-state index is 0.0000448. The molecule has 0 unspecified atom stereocenters. The number of hydrogen-bond donors (Lipinski definition) is 0. The SMILES string of the molecule is CCn1c2ccc(-c3ccc(-c4ccc(-c5c6ccc(C(C)(C)C)cc6c(-c6ccc(-c7ccccc7)cc6)c6ccc(C(C)(C)C)cc56)cc4)cc3)cc2c2cc(C(C)(C)C)ccc21.CCn1c2ccc(-c3ccc(-c4ccc(-c5c6ccc(C(C)(C)C)cc6c(-c6ccccc6)c6ccc(C(C)(C)C)cc56)cc4)cc3)cc2c2cc(C(C)(C)C)ccc21. The number of fused-ring (bicyclic) bond motifs is 10. The van der Waals surface area contributed by atoms with Gasteiger partial charge in [-0.15, -0.1) is 0 Å². The molecule has 0 amide bonds. The lowest BCUT2D eigenvalue weighted by Crippen LogP contribution is -2.11. The molecule has 0 bridgehead atoms. The van der Waals surface area contributed by atoms with Gasteiger partial charge >= 0.3 is 0 Å². The smallest absolute Gasteiger partial charge is 0.0491 e. The normalized spacial score (nSPS) is 12.6. The highest BCUT2D eigenvalue weighted by atomic mass is 15.0. The van der Waals surface area contributed by atoms with Crippen LogP contribution in [0.5, 0.6) is 0 Å². The lowest BCUT2D eigenvalue weighted by atomic mass is 9.79. The third-order valence-corrected chi connectivity index (χ3v) is 26.6. The van der Waals surface area contributed by atoms with E-state index in [9.17, 15) is 0 Å². The predicted octanol–water partition coefficient (Wildman–Crippen LogP) is 35.0. The summed E-state index contributed by atoms with van der Waals surface area (Å²) < 4.78 is 4.90. The van der Waals surface area contributed by atoms with Crippen molar-refractivity contribution in [3.05, 3.63) is 361 Å². The minimum Gasteiger partial charge on any atom is -0.341 e. The van der Waals surface area contributed by atoms with Crippen LogP contribution in [0.15, 0.2) is 328 Å². The van der Waals surface area contributed by atoms with Crippen LogP contribution in [0.2, 0.25) is 0 Å². The Morgan fingerprint density at radius 2 is 0.323 bits per heavy atom. The highest BCUT2D eigenvalue weighted by Gasteiger charge is 2.28. The van der Waals surface area contributed by atoms with Gasteiger partial charge in [-0.2, -0.15) is 0 Å². The van der Waals surface area contributed by atoms with Crippen molar-refractivity contribution in [1.82, 2.24) is 9.13 Å². The Kier molecular flexibility index (Phi) is 20.8. The highest BCUT2D eigenvalue weighted by molar-refractivity contribution is 6.24. The Bertz CT molecular complexity index is 7300. The minimum atomic E-state index is -0.0000448. The van der Waals surface area contributed by atoms with Gasteiger partial charge in [-0.3, -0.25) is 0 Å². The molecule has 0 aliphatic rings. The number of rotatable bonds is 11. The van der Waals surface area contributed by atoms with Crippen molar-refractivity contribution in [2.24, 2.45) is 0 Å². The molecule has 19 aromatic rings. The Hall–Kier alpha value is -12.6. The summed E-state index contributed by atoms with van der Waals surface area (Å²) in [5.74, 6) is 0. The maximum absolute atomic E-state index is 2.47. The lowest BCUT2D eigenvalue weighted by molar-refractivity contribution is 0.590. The zero-order chi connectivity index (χ0) is 86.8. The van der Waals surface area contributed by atoms with Crippen LogP contribution in [0, 0.1) is 0 Å². The summed E-state index contributed by atoms with van der Waals surface area (Å²) >= 11 is 0. The first-order valence-electron chi connectivity index (χ1n) is 45.0. The quantitative estimate of drug-likeness (QED) is 0.114. The van der Waals surface area contributed by atoms with E-state index in [4.69, 9.17) is 0 Å². The molecular formula is C122H118N2. The maximum Gasteiger partial charge on any atom is 0.0491 e. The van der Waals surface area contributed by atoms with Gasteiger partial charge in [0.05, 0.1) is 0 Å². The van der Waals surface area contributed by atoms with Crippen molar-refractivity contribution in [1.29, 1.82) is 0 Å². The Balaban J connectivity index is 0.000000170. The second-order valence-corrected chi connectivity index (χ2v) is 41.1. The fourth-order valence-corrected chi connectivity index (χ4v) is 19.2. The lowest BCUT2D eigenvalue weighted by Gasteiger charge is -2.25. The van der Waals surface area contributed by atoms with E-state index in [0.29, 0.717) is 0 Å². The van der Waals surface area contributed by atoms with Crippen molar-refractivity contribution in [2.45, 2.75) is 184 Å². The van der Waals surface area contributed by atoms with Crippen LogP contribution in [0.3, 0.4) is 0 Å². The van der Waals surface area contributed by atoms with Gasteiger partial charge in [-0.05, 0) is 296 Å². The Morgan fingerprint density at radius 1 is 0.153 bits per heavy atom. The number of aryl methyl sites for hydroxylation is 2. The molecule has 616 valence electrons. The van der Waals surface area contributed by atoms with Crippen LogP contribution in [0.1, 0.15) is 172 Å². The van der Waals surface area contributed by atoms with Crippen LogP contribution in [0.4, 0.5) is 0 Å². The van der Waals surface area contributed by atoms with Crippen LogP contribution >= 0.6 is 0 Å². The van der Waals surface area contributed by atoms with Gasteiger partial charge in [0, 0.05) is 56.7 Å². The first-order chi connectivity index (χ1) is 59.2. The van der Waals surface area contributed by atoms with E-state index in [1.54, 1.807) is 0 Å². The van der Waals surface area contributed by atoms with Gasteiger partial charge in [0.1, 0.15) is 0 Å². The van der Waals surface area contributed by atoms with Gasteiger partial charge in [0.25, 0.3) is 0 Å². The van der Waals surface area contributed by atoms with Gasteiger partial charge in [-0.25, -0.2) is 0 Å². The molecule has 2 aromatic heterocycles. The van der Waals surface area contributed by atoms with Crippen molar-refractivity contribution in [3.8, 4) is 100 Å². The van der Waals surface area contributed by atoms with E-state index in [1.165, 1.54) is 220 Å². The van der Waals surface area contributed by atoms with Crippen molar-refractivity contribution < 1.29 is 0 Å². The standard InChI is InChI=1S/C64H61N.C58H57N/c1-11-65-58-35-29-48(37-54(58)55-38-51(64(8,9)10)32-36-59(55)65)45-19-17-43(18-20-45)44-23-27-47(28-24-44)61-53-34-31-49(62(2,3)4)39-56(53)60(52-33-30-50(40-57(52)61)63(5,6)7)46-25-21-42(22-26-46)41-15-13-12-14-16-41;1-11-59-52-31-25-42(33-48(52)49-34-45(58(8,9)10)28-32-53(49)59)39-19-17-37(18-20-39)38-21-23-41(24-22-38)55-47-30-27-43(56(2,3)4)35-50(47)54(40-15-13-12-14-16-40)46-29-26-44(36-51(46)55)57(5,6)7/h12-40H,11H2,1-10H3;12-36H,11H2,1-10H3. The number of benzene rings is 17. The molecule has 2 heterocycles. The topological polar surface area (TPSA) is 9.86 Å². The molecule has 0 aliphatic heterocycles. The molecule has 0 N–H and O–H groups in total. The van der Waals surface area contributed by atoms with Crippen molar-refractivity contribution >= 4 is 86.7 Å². The van der Waals surface area contributed by atoms with Crippen LogP contribution < -0.4 is 0 Å². The molecular weight excluding hydrogens is 1490 g/mol. The molecule has 0 atom stereocenters. The monoisotopic (exact) mass is 1610 g/mol. The number of hydrogen-bond acceptors (Lipinski definition) is 0. The third kappa shape index (κ3) is 15.3. The molecule has 2 heteroatoms. The van der Waals surface area contributed by atoms with Gasteiger partial charge in [0.15, 0.2) is 0 Å². The molecule has 0 saturated heterocycles. The summed E-state index contributed by atoms with van der Waals surface area (Å²) in [4.78, 5) is 0. The van der Waals surface area contributed by atoms with Crippen LogP contribution in [-0.2, 0) is 45.6 Å². The summed E-state index contributed by atoms with van der Waals surface area (Å²) in [5, 5.41) is 15.7. The van der Waals surface area contributed by atoms with Gasteiger partial charge < -0.3 is 9.13 Å². The molecule has 0 fully saturated rings. The van der Waals surface area contributed by atoms with Crippen LogP contribution in [0.25, 0.3) is 187 Å². The number of aromatic nitrogens is 2. The van der Waals surface area contributed by atoms with E-state index in [-0.39, 0.29) is 32.5 Å². The summed E-state index contributed by atoms with van der Waals surface area (Å²) in [6.45, 7) is 48.0. The molecule has 17 aromatic carbocycles. The van der Waals surface area contributed by atoms with E-state index in [2.05, 4.69) is 475 Å². The largest absolute Gasteiger partial charge is 0.341 e. The fourth-order valence-electron chi connectivity index (χ4n) is 19.2. The molecule has 2 nitrogen and oxygen atoms in total. The molecule has 124 heavy (non-hydrogen) atoms. The average molecular weight is 1610 g/mol. The highest BCUT2D eigenvalue weighted by Crippen LogP contribution is 2.51. The Labute approximate surface area is 736 Å². The summed E-state index contributed by atoms with van der Waals surface area (Å²) in [7, 11) is 0. The molecule has 0 radical (unpaired) electrons. The van der Waals surface area contributed by atoms with Crippen molar-refractivity contribution in [3.63, 3.8) is 0 Å². The van der Waals surface area contributed by atoms with E-state index in [0.717, 1.165) is 13.1 Å². The third-order valence-electron chi connectivity index (χ3n) is 26.6. The van der Waals surface area contributed by atoms with E-state index in [1.807, 2.05) is 0 Å². The summed E-state index contributed by atoms with van der Waals surface area (Å²) in [5.41, 5.74) is 36.0. The second-order valence-electron chi connectivity index (χ2n) is 41.1. The van der Waals surface area contributed by atoms with Gasteiger partial charge in [-0.1, -0.05) is 379 Å². The zero-order valence-corrected chi connectivity index (χ0v) is 76.5.